The van der Waals surface area contributed by atoms with Gasteiger partial charge in [0, 0.05) is 12.1 Å². The molecule has 2 rings (SSSR count). The topological polar surface area (TPSA) is 62.2 Å². The third-order valence-electron chi connectivity index (χ3n) is 3.26. The summed E-state index contributed by atoms with van der Waals surface area (Å²) in [6.07, 6.45) is -0.532. The first-order valence-electron chi connectivity index (χ1n) is 6.98. The van der Waals surface area contributed by atoms with Crippen molar-refractivity contribution in [2.24, 2.45) is 5.92 Å². The lowest BCUT2D eigenvalue weighted by Gasteiger charge is -2.14. The van der Waals surface area contributed by atoms with Gasteiger partial charge in [0.05, 0.1) is 11.8 Å². The van der Waals surface area contributed by atoms with Crippen LogP contribution in [-0.2, 0) is 0 Å². The molecule has 5 heteroatoms. The molecular formula is C16H20N2O2S. The molecule has 1 heterocycles. The number of aryl methyl sites for hydroxylation is 1. The standard InChI is InChI=1S/C16H20N2O2S/c1-10(2)13(19)9-17-15(20)14-11(3)18-16(21-14)12-7-5-4-6-8-12/h4-8,10,13,19H,9H2,1-3H3,(H,17,20). The summed E-state index contributed by atoms with van der Waals surface area (Å²) in [6.45, 7) is 5.93. The van der Waals surface area contributed by atoms with Crippen molar-refractivity contribution in [1.29, 1.82) is 0 Å². The summed E-state index contributed by atoms with van der Waals surface area (Å²) in [5, 5.41) is 13.4. The molecule has 21 heavy (non-hydrogen) atoms. The van der Waals surface area contributed by atoms with Crippen molar-refractivity contribution in [2.75, 3.05) is 6.54 Å². The molecule has 1 unspecified atom stereocenters. The molecule has 1 aromatic heterocycles. The number of thiazole rings is 1. The molecule has 0 spiro atoms. The molecule has 0 aliphatic heterocycles. The summed E-state index contributed by atoms with van der Waals surface area (Å²) in [5.74, 6) is -0.0559. The number of aliphatic hydroxyl groups excluding tert-OH is 1. The Morgan fingerprint density at radius 2 is 2.00 bits per heavy atom. The Morgan fingerprint density at radius 1 is 1.33 bits per heavy atom. The van der Waals surface area contributed by atoms with Crippen LogP contribution in [0.1, 0.15) is 29.2 Å². The smallest absolute Gasteiger partial charge is 0.263 e. The third kappa shape index (κ3) is 3.89. The van der Waals surface area contributed by atoms with Crippen molar-refractivity contribution in [3.05, 3.63) is 40.9 Å². The van der Waals surface area contributed by atoms with Gasteiger partial charge in [0.15, 0.2) is 0 Å². The summed E-state index contributed by atoms with van der Waals surface area (Å²) in [7, 11) is 0. The van der Waals surface area contributed by atoms with Gasteiger partial charge < -0.3 is 10.4 Å². The number of aliphatic hydroxyl groups is 1. The van der Waals surface area contributed by atoms with Crippen LogP contribution in [0.15, 0.2) is 30.3 Å². The Bertz CT molecular complexity index is 608. The lowest BCUT2D eigenvalue weighted by Crippen LogP contribution is -2.34. The minimum atomic E-state index is -0.532. The van der Waals surface area contributed by atoms with Crippen molar-refractivity contribution in [3.8, 4) is 10.6 Å². The second kappa shape index (κ2) is 6.83. The fraction of sp³-hybridized carbons (Fsp3) is 0.375. The Hall–Kier alpha value is -1.72. The van der Waals surface area contributed by atoms with Gasteiger partial charge in [-0.3, -0.25) is 4.79 Å². The zero-order valence-electron chi connectivity index (χ0n) is 12.5. The highest BCUT2D eigenvalue weighted by atomic mass is 32.1. The molecule has 2 aromatic rings. The fourth-order valence-electron chi connectivity index (χ4n) is 1.82. The molecular weight excluding hydrogens is 284 g/mol. The van der Waals surface area contributed by atoms with Crippen LogP contribution in [0.3, 0.4) is 0 Å². The van der Waals surface area contributed by atoms with E-state index >= 15 is 0 Å². The fourth-order valence-corrected chi connectivity index (χ4v) is 2.81. The normalized spacial score (nSPS) is 12.4. The number of aromatic nitrogens is 1. The number of benzene rings is 1. The van der Waals surface area contributed by atoms with Crippen LogP contribution in [0.5, 0.6) is 0 Å². The largest absolute Gasteiger partial charge is 0.391 e. The van der Waals surface area contributed by atoms with E-state index in [0.29, 0.717) is 4.88 Å². The zero-order valence-corrected chi connectivity index (χ0v) is 13.3. The van der Waals surface area contributed by atoms with Crippen molar-refractivity contribution in [1.82, 2.24) is 10.3 Å². The van der Waals surface area contributed by atoms with Gasteiger partial charge in [-0.1, -0.05) is 44.2 Å². The molecule has 1 atom stereocenters. The number of carbonyl (C=O) groups excluding carboxylic acids is 1. The number of hydrogen-bond acceptors (Lipinski definition) is 4. The number of nitrogens with one attached hydrogen (secondary N) is 1. The number of carbonyl (C=O) groups is 1. The summed E-state index contributed by atoms with van der Waals surface area (Å²) in [4.78, 5) is 17.2. The average molecular weight is 304 g/mol. The van der Waals surface area contributed by atoms with Crippen LogP contribution >= 0.6 is 11.3 Å². The maximum absolute atomic E-state index is 12.2. The maximum Gasteiger partial charge on any atom is 0.263 e. The molecule has 0 bridgehead atoms. The van der Waals surface area contributed by atoms with Crippen LogP contribution in [-0.4, -0.2) is 28.6 Å². The van der Waals surface area contributed by atoms with Gasteiger partial charge in [-0.05, 0) is 12.8 Å². The summed E-state index contributed by atoms with van der Waals surface area (Å²) < 4.78 is 0. The van der Waals surface area contributed by atoms with E-state index in [0.717, 1.165) is 16.3 Å². The minimum Gasteiger partial charge on any atom is -0.391 e. The van der Waals surface area contributed by atoms with E-state index in [2.05, 4.69) is 10.3 Å². The van der Waals surface area contributed by atoms with Gasteiger partial charge >= 0.3 is 0 Å². The highest BCUT2D eigenvalue weighted by Gasteiger charge is 2.17. The number of amides is 1. The predicted octanol–water partition coefficient (Wildman–Crippen LogP) is 2.87. The van der Waals surface area contributed by atoms with E-state index in [1.165, 1.54) is 11.3 Å². The Balaban J connectivity index is 2.10. The maximum atomic E-state index is 12.2. The first kappa shape index (κ1) is 15.7. The van der Waals surface area contributed by atoms with Crippen molar-refractivity contribution >= 4 is 17.2 Å². The molecule has 2 N–H and O–H groups in total. The van der Waals surface area contributed by atoms with E-state index in [4.69, 9.17) is 0 Å². The number of nitrogens with zero attached hydrogens (tertiary/aromatic N) is 1. The number of hydrogen-bond donors (Lipinski definition) is 2. The van der Waals surface area contributed by atoms with Gasteiger partial charge in [0.1, 0.15) is 9.88 Å². The summed E-state index contributed by atoms with van der Waals surface area (Å²) in [6, 6.07) is 9.80. The quantitative estimate of drug-likeness (QED) is 0.893. The highest BCUT2D eigenvalue weighted by molar-refractivity contribution is 7.17. The van der Waals surface area contributed by atoms with E-state index in [9.17, 15) is 9.90 Å². The second-order valence-corrected chi connectivity index (χ2v) is 6.32. The van der Waals surface area contributed by atoms with E-state index in [1.807, 2.05) is 51.1 Å². The molecule has 0 saturated carbocycles. The predicted molar refractivity (Wildman–Crippen MR) is 85.5 cm³/mol. The monoisotopic (exact) mass is 304 g/mol. The van der Waals surface area contributed by atoms with Crippen molar-refractivity contribution in [2.45, 2.75) is 26.9 Å². The van der Waals surface area contributed by atoms with Crippen LogP contribution in [0, 0.1) is 12.8 Å². The minimum absolute atomic E-state index is 0.118. The molecule has 0 aliphatic rings. The molecule has 1 amide bonds. The lowest BCUT2D eigenvalue weighted by molar-refractivity contribution is 0.0874. The zero-order chi connectivity index (χ0) is 15.4. The lowest BCUT2D eigenvalue weighted by atomic mass is 10.1. The number of rotatable bonds is 5. The molecule has 112 valence electrons. The Morgan fingerprint density at radius 3 is 2.62 bits per heavy atom. The van der Waals surface area contributed by atoms with Gasteiger partial charge in [0.25, 0.3) is 5.91 Å². The van der Waals surface area contributed by atoms with E-state index < -0.39 is 6.10 Å². The molecule has 4 nitrogen and oxygen atoms in total. The highest BCUT2D eigenvalue weighted by Crippen LogP contribution is 2.27. The Kier molecular flexibility index (Phi) is 5.09. The van der Waals surface area contributed by atoms with Gasteiger partial charge in [0.2, 0.25) is 0 Å². The van der Waals surface area contributed by atoms with Gasteiger partial charge in [-0.15, -0.1) is 11.3 Å². The van der Waals surface area contributed by atoms with Crippen molar-refractivity contribution in [3.63, 3.8) is 0 Å². The van der Waals surface area contributed by atoms with Crippen LogP contribution in [0.2, 0.25) is 0 Å². The molecule has 1 aromatic carbocycles. The third-order valence-corrected chi connectivity index (χ3v) is 4.47. The molecule has 0 fully saturated rings. The average Bonchev–Trinajstić information content (AvgIpc) is 2.87. The second-order valence-electron chi connectivity index (χ2n) is 5.32. The first-order valence-corrected chi connectivity index (χ1v) is 7.79. The Labute approximate surface area is 128 Å². The van der Waals surface area contributed by atoms with Crippen LogP contribution < -0.4 is 5.32 Å². The first-order chi connectivity index (χ1) is 9.99. The van der Waals surface area contributed by atoms with Crippen LogP contribution in [0.25, 0.3) is 10.6 Å². The summed E-state index contributed by atoms with van der Waals surface area (Å²) >= 11 is 1.38. The van der Waals surface area contributed by atoms with Gasteiger partial charge in [-0.25, -0.2) is 4.98 Å². The molecule has 0 aliphatic carbocycles. The molecule has 0 radical (unpaired) electrons. The van der Waals surface area contributed by atoms with Crippen LogP contribution in [0.4, 0.5) is 0 Å². The van der Waals surface area contributed by atoms with E-state index in [1.54, 1.807) is 0 Å². The van der Waals surface area contributed by atoms with E-state index in [-0.39, 0.29) is 18.4 Å². The van der Waals surface area contributed by atoms with Crippen molar-refractivity contribution < 1.29 is 9.90 Å². The summed E-state index contributed by atoms with van der Waals surface area (Å²) in [5.41, 5.74) is 1.72. The molecule has 0 saturated heterocycles. The SMILES string of the molecule is Cc1nc(-c2ccccc2)sc1C(=O)NCC(O)C(C)C. The van der Waals surface area contributed by atoms with Gasteiger partial charge in [-0.2, -0.15) is 0 Å².